The Morgan fingerprint density at radius 1 is 1.39 bits per heavy atom. The van der Waals surface area contributed by atoms with Gasteiger partial charge in [-0.3, -0.25) is 0 Å². The molecule has 0 saturated carbocycles. The van der Waals surface area contributed by atoms with Crippen LogP contribution in [0.25, 0.3) is 0 Å². The molecule has 2 rings (SSSR count). The molecule has 1 heterocycles. The lowest BCUT2D eigenvalue weighted by molar-refractivity contribution is 0.525. The first-order chi connectivity index (χ1) is 8.39. The summed E-state index contributed by atoms with van der Waals surface area (Å²) in [5.74, 6) is 0. The van der Waals surface area contributed by atoms with Crippen molar-refractivity contribution in [1.29, 1.82) is 0 Å². The Balaban J connectivity index is 2.63. The van der Waals surface area contributed by atoms with Gasteiger partial charge in [0.2, 0.25) is 0 Å². The molecule has 2 unspecified atom stereocenters. The SMILES string of the molecule is CNCC1C(C)N(C)c2ccc(C)cc2S1(=O)=O. The average molecular weight is 268 g/mol. The fourth-order valence-corrected chi connectivity index (χ4v) is 4.78. The predicted molar refractivity (Wildman–Crippen MR) is 73.9 cm³/mol. The molecule has 1 aromatic rings. The number of hydrogen-bond donors (Lipinski definition) is 1. The van der Waals surface area contributed by atoms with Gasteiger partial charge in [-0.15, -0.1) is 0 Å². The molecule has 18 heavy (non-hydrogen) atoms. The minimum absolute atomic E-state index is 0.0299. The van der Waals surface area contributed by atoms with Gasteiger partial charge in [0.05, 0.1) is 15.8 Å². The van der Waals surface area contributed by atoms with E-state index in [1.807, 2.05) is 33.0 Å². The van der Waals surface area contributed by atoms with Crippen LogP contribution in [0, 0.1) is 6.92 Å². The van der Waals surface area contributed by atoms with Crippen molar-refractivity contribution in [2.45, 2.75) is 30.0 Å². The zero-order valence-corrected chi connectivity index (χ0v) is 12.1. The van der Waals surface area contributed by atoms with Gasteiger partial charge in [0, 0.05) is 19.6 Å². The zero-order valence-electron chi connectivity index (χ0n) is 11.3. The summed E-state index contributed by atoms with van der Waals surface area (Å²) < 4.78 is 25.3. The fraction of sp³-hybridized carbons (Fsp3) is 0.538. The average Bonchev–Trinajstić information content (AvgIpc) is 2.32. The molecular weight excluding hydrogens is 248 g/mol. The Morgan fingerprint density at radius 3 is 2.67 bits per heavy atom. The molecule has 0 spiro atoms. The van der Waals surface area contributed by atoms with Gasteiger partial charge in [-0.25, -0.2) is 8.42 Å². The Morgan fingerprint density at radius 2 is 2.06 bits per heavy atom. The molecular formula is C13H20N2O2S. The summed E-state index contributed by atoms with van der Waals surface area (Å²) in [7, 11) is 0.486. The van der Waals surface area contributed by atoms with Gasteiger partial charge < -0.3 is 10.2 Å². The highest BCUT2D eigenvalue weighted by molar-refractivity contribution is 7.92. The summed E-state index contributed by atoms with van der Waals surface area (Å²) in [5.41, 5.74) is 1.78. The summed E-state index contributed by atoms with van der Waals surface area (Å²) in [4.78, 5) is 2.51. The predicted octanol–water partition coefficient (Wildman–Crippen LogP) is 1.20. The number of aryl methyl sites for hydroxylation is 1. The van der Waals surface area contributed by atoms with E-state index in [0.29, 0.717) is 11.4 Å². The van der Waals surface area contributed by atoms with Crippen molar-refractivity contribution in [3.8, 4) is 0 Å². The largest absolute Gasteiger partial charge is 0.369 e. The van der Waals surface area contributed by atoms with Crippen LogP contribution < -0.4 is 10.2 Å². The monoisotopic (exact) mass is 268 g/mol. The second kappa shape index (κ2) is 4.55. The molecule has 1 aliphatic heterocycles. The van der Waals surface area contributed by atoms with Crippen molar-refractivity contribution < 1.29 is 8.42 Å². The van der Waals surface area contributed by atoms with Crippen molar-refractivity contribution in [3.63, 3.8) is 0 Å². The van der Waals surface area contributed by atoms with Crippen molar-refractivity contribution in [1.82, 2.24) is 5.32 Å². The highest BCUT2D eigenvalue weighted by Gasteiger charge is 2.40. The standard InChI is InChI=1S/C13H20N2O2S/c1-9-5-6-11-12(7-9)18(16,17)13(8-14-3)10(2)15(11)4/h5-7,10,13-14H,8H2,1-4H3. The number of rotatable bonds is 2. The van der Waals surface area contributed by atoms with Crippen LogP contribution in [0.2, 0.25) is 0 Å². The molecule has 0 bridgehead atoms. The van der Waals surface area contributed by atoms with Crippen LogP contribution in [0.4, 0.5) is 5.69 Å². The van der Waals surface area contributed by atoms with Crippen LogP contribution in [-0.4, -0.2) is 40.3 Å². The number of benzene rings is 1. The number of fused-ring (bicyclic) bond motifs is 1. The maximum absolute atomic E-state index is 12.6. The highest BCUT2D eigenvalue weighted by atomic mass is 32.2. The van der Waals surface area contributed by atoms with Gasteiger partial charge in [0.15, 0.2) is 9.84 Å². The number of nitrogens with zero attached hydrogens (tertiary/aromatic N) is 1. The van der Waals surface area contributed by atoms with E-state index in [2.05, 4.69) is 10.2 Å². The van der Waals surface area contributed by atoms with E-state index >= 15 is 0 Å². The molecule has 5 heteroatoms. The lowest BCUT2D eigenvalue weighted by Crippen LogP contribution is -2.51. The molecule has 0 aromatic heterocycles. The lowest BCUT2D eigenvalue weighted by Gasteiger charge is -2.39. The third kappa shape index (κ3) is 1.91. The van der Waals surface area contributed by atoms with E-state index in [4.69, 9.17) is 0 Å². The quantitative estimate of drug-likeness (QED) is 0.875. The van der Waals surface area contributed by atoms with Gasteiger partial charge in [-0.1, -0.05) is 6.07 Å². The second-order valence-electron chi connectivity index (χ2n) is 4.96. The Kier molecular flexibility index (Phi) is 3.38. The molecule has 2 atom stereocenters. The van der Waals surface area contributed by atoms with Gasteiger partial charge >= 0.3 is 0 Å². The molecule has 0 aliphatic carbocycles. The highest BCUT2D eigenvalue weighted by Crippen LogP contribution is 2.36. The lowest BCUT2D eigenvalue weighted by atomic mass is 10.1. The molecule has 1 aliphatic rings. The molecule has 0 fully saturated rings. The van der Waals surface area contributed by atoms with Crippen LogP contribution in [0.5, 0.6) is 0 Å². The van der Waals surface area contributed by atoms with Gasteiger partial charge in [-0.2, -0.15) is 0 Å². The number of anilines is 1. The summed E-state index contributed by atoms with van der Waals surface area (Å²) in [5, 5.41) is 2.58. The molecule has 0 radical (unpaired) electrons. The van der Waals surface area contributed by atoms with Crippen LogP contribution in [0.15, 0.2) is 23.1 Å². The zero-order chi connectivity index (χ0) is 13.5. The number of hydrogen-bond acceptors (Lipinski definition) is 4. The Bertz CT molecular complexity index is 554. The third-order valence-corrected chi connectivity index (χ3v) is 6.05. The first-order valence-electron chi connectivity index (χ1n) is 6.11. The second-order valence-corrected chi connectivity index (χ2v) is 7.10. The van der Waals surface area contributed by atoms with Crippen LogP contribution >= 0.6 is 0 Å². The first-order valence-corrected chi connectivity index (χ1v) is 7.66. The normalized spacial score (nSPS) is 25.9. The minimum atomic E-state index is -3.25. The summed E-state index contributed by atoms with van der Waals surface area (Å²) in [6.07, 6.45) is 0. The Labute approximate surface area is 109 Å². The van der Waals surface area contributed by atoms with Crippen molar-refractivity contribution >= 4 is 15.5 Å². The number of sulfone groups is 1. The molecule has 0 amide bonds. The van der Waals surface area contributed by atoms with Crippen LogP contribution in [0.1, 0.15) is 12.5 Å². The van der Waals surface area contributed by atoms with Crippen LogP contribution in [0.3, 0.4) is 0 Å². The molecule has 1 N–H and O–H groups in total. The topological polar surface area (TPSA) is 49.4 Å². The fourth-order valence-electron chi connectivity index (χ4n) is 2.51. The number of nitrogens with one attached hydrogen (secondary N) is 1. The molecule has 1 aromatic carbocycles. The maximum Gasteiger partial charge on any atom is 0.186 e. The van der Waals surface area contributed by atoms with E-state index in [9.17, 15) is 8.42 Å². The van der Waals surface area contributed by atoms with E-state index < -0.39 is 15.1 Å². The summed E-state index contributed by atoms with van der Waals surface area (Å²) in [6, 6.07) is 5.60. The van der Waals surface area contributed by atoms with E-state index in [1.165, 1.54) is 0 Å². The van der Waals surface area contributed by atoms with Crippen LogP contribution in [-0.2, 0) is 9.84 Å². The van der Waals surface area contributed by atoms with E-state index in [1.54, 1.807) is 13.1 Å². The maximum atomic E-state index is 12.6. The smallest absolute Gasteiger partial charge is 0.186 e. The molecule has 4 nitrogen and oxygen atoms in total. The van der Waals surface area contributed by atoms with Crippen molar-refractivity contribution in [2.75, 3.05) is 25.5 Å². The van der Waals surface area contributed by atoms with Gasteiger partial charge in [0.1, 0.15) is 0 Å². The Hall–Kier alpha value is -1.07. The third-order valence-electron chi connectivity index (χ3n) is 3.75. The minimum Gasteiger partial charge on any atom is -0.369 e. The van der Waals surface area contributed by atoms with Crippen molar-refractivity contribution in [3.05, 3.63) is 23.8 Å². The van der Waals surface area contributed by atoms with Gasteiger partial charge in [-0.05, 0) is 38.6 Å². The molecule has 100 valence electrons. The first kappa shape index (κ1) is 13.4. The molecule has 0 saturated heterocycles. The summed E-state index contributed by atoms with van der Waals surface area (Å²) in [6.45, 7) is 4.35. The van der Waals surface area contributed by atoms with E-state index in [0.717, 1.165) is 11.3 Å². The van der Waals surface area contributed by atoms with Gasteiger partial charge in [0.25, 0.3) is 0 Å². The summed E-state index contributed by atoms with van der Waals surface area (Å²) >= 11 is 0. The van der Waals surface area contributed by atoms with Crippen molar-refractivity contribution in [2.24, 2.45) is 0 Å². The van der Waals surface area contributed by atoms with E-state index in [-0.39, 0.29) is 6.04 Å².